The molecule has 3 heteroatoms. The number of hydrogen-bond donors (Lipinski definition) is 1. The van der Waals surface area contributed by atoms with Gasteiger partial charge in [0.25, 0.3) is 0 Å². The predicted octanol–water partition coefficient (Wildman–Crippen LogP) is 4.01. The van der Waals surface area contributed by atoms with E-state index >= 15 is 0 Å². The van der Waals surface area contributed by atoms with E-state index in [4.69, 9.17) is 9.47 Å². The zero-order valence-corrected chi connectivity index (χ0v) is 13.7. The first kappa shape index (κ1) is 16.2. The number of hydrogen-bond acceptors (Lipinski definition) is 3. The van der Waals surface area contributed by atoms with Crippen molar-refractivity contribution >= 4 is 0 Å². The Labute approximate surface area is 129 Å². The lowest BCUT2D eigenvalue weighted by atomic mass is 9.81. The van der Waals surface area contributed by atoms with Crippen molar-refractivity contribution in [3.63, 3.8) is 0 Å². The van der Waals surface area contributed by atoms with Crippen LogP contribution in [0.25, 0.3) is 0 Å². The molecule has 21 heavy (non-hydrogen) atoms. The molecule has 0 aromatic heterocycles. The Morgan fingerprint density at radius 2 is 1.76 bits per heavy atom. The summed E-state index contributed by atoms with van der Waals surface area (Å²) in [7, 11) is 3.38. The minimum Gasteiger partial charge on any atom is -0.493 e. The molecule has 0 spiro atoms. The molecule has 0 heterocycles. The van der Waals surface area contributed by atoms with Crippen LogP contribution in [0, 0.1) is 11.8 Å². The highest BCUT2D eigenvalue weighted by atomic mass is 16.5. The molecule has 1 saturated carbocycles. The highest BCUT2D eigenvalue weighted by molar-refractivity contribution is 5.46. The van der Waals surface area contributed by atoms with Crippen LogP contribution in [-0.4, -0.2) is 20.8 Å². The van der Waals surface area contributed by atoms with Gasteiger partial charge in [-0.1, -0.05) is 38.3 Å². The quantitative estimate of drug-likeness (QED) is 0.823. The lowest BCUT2D eigenvalue weighted by Gasteiger charge is -2.28. The number of methoxy groups -OCH3 is 2. The molecule has 1 aromatic carbocycles. The summed E-state index contributed by atoms with van der Waals surface area (Å²) < 4.78 is 10.8. The van der Waals surface area contributed by atoms with E-state index in [0.717, 1.165) is 36.4 Å². The first-order valence-corrected chi connectivity index (χ1v) is 8.19. The summed E-state index contributed by atoms with van der Waals surface area (Å²) in [5, 5.41) is 3.59. The Morgan fingerprint density at radius 1 is 1.05 bits per heavy atom. The molecule has 0 atom stereocenters. The van der Waals surface area contributed by atoms with Gasteiger partial charge in [-0.2, -0.15) is 0 Å². The number of ether oxygens (including phenoxy) is 2. The molecule has 0 bridgehead atoms. The summed E-state index contributed by atoms with van der Waals surface area (Å²) in [5.41, 5.74) is 1.17. The zero-order valence-electron chi connectivity index (χ0n) is 13.7. The second-order valence-electron chi connectivity index (χ2n) is 6.08. The maximum absolute atomic E-state index is 5.47. The fraction of sp³-hybridized carbons (Fsp3) is 0.667. The van der Waals surface area contributed by atoms with Crippen molar-refractivity contribution in [3.05, 3.63) is 23.8 Å². The number of nitrogens with one attached hydrogen (secondary N) is 1. The highest BCUT2D eigenvalue weighted by Gasteiger charge is 2.19. The number of rotatable bonds is 7. The van der Waals surface area contributed by atoms with Crippen molar-refractivity contribution < 1.29 is 9.47 Å². The van der Waals surface area contributed by atoms with Gasteiger partial charge in [0, 0.05) is 12.1 Å². The van der Waals surface area contributed by atoms with Gasteiger partial charge in [0.15, 0.2) is 11.5 Å². The standard InChI is InChI=1S/C18H29NO2/c1-4-14-8-10-15(11-9-14)12-19-13-16-6-5-7-17(20-2)18(16)21-3/h5-7,14-15,19H,4,8-13H2,1-3H3. The third kappa shape index (κ3) is 4.37. The average Bonchev–Trinajstić information content (AvgIpc) is 2.55. The van der Waals surface area contributed by atoms with Crippen molar-refractivity contribution in [1.82, 2.24) is 5.32 Å². The van der Waals surface area contributed by atoms with E-state index in [9.17, 15) is 0 Å². The van der Waals surface area contributed by atoms with Gasteiger partial charge in [-0.15, -0.1) is 0 Å². The number of benzene rings is 1. The molecule has 3 nitrogen and oxygen atoms in total. The fourth-order valence-electron chi connectivity index (χ4n) is 3.35. The molecule has 1 aliphatic carbocycles. The first-order chi connectivity index (χ1) is 10.3. The lowest BCUT2D eigenvalue weighted by Crippen LogP contribution is -2.26. The molecule has 0 unspecified atom stereocenters. The molecule has 0 radical (unpaired) electrons. The molecule has 2 rings (SSSR count). The molecule has 0 saturated heterocycles. The maximum Gasteiger partial charge on any atom is 0.165 e. The summed E-state index contributed by atoms with van der Waals surface area (Å²) in [4.78, 5) is 0. The van der Waals surface area contributed by atoms with E-state index in [0.29, 0.717) is 0 Å². The van der Waals surface area contributed by atoms with Crippen LogP contribution in [0.2, 0.25) is 0 Å². The van der Waals surface area contributed by atoms with E-state index in [1.54, 1.807) is 14.2 Å². The minimum atomic E-state index is 0.806. The van der Waals surface area contributed by atoms with Crippen LogP contribution in [-0.2, 0) is 6.54 Å². The highest BCUT2D eigenvalue weighted by Crippen LogP contribution is 2.32. The normalized spacial score (nSPS) is 22.0. The van der Waals surface area contributed by atoms with Gasteiger partial charge in [0.1, 0.15) is 0 Å². The summed E-state index contributed by atoms with van der Waals surface area (Å²) >= 11 is 0. The average molecular weight is 291 g/mol. The van der Waals surface area contributed by atoms with E-state index in [-0.39, 0.29) is 0 Å². The van der Waals surface area contributed by atoms with Crippen LogP contribution < -0.4 is 14.8 Å². The Morgan fingerprint density at radius 3 is 2.38 bits per heavy atom. The fourth-order valence-corrected chi connectivity index (χ4v) is 3.35. The smallest absolute Gasteiger partial charge is 0.165 e. The number of para-hydroxylation sites is 1. The third-order valence-electron chi connectivity index (χ3n) is 4.78. The molecular weight excluding hydrogens is 262 g/mol. The summed E-state index contributed by atoms with van der Waals surface area (Å²) in [5.74, 6) is 3.46. The Balaban J connectivity index is 1.81. The van der Waals surface area contributed by atoms with Gasteiger partial charge in [-0.3, -0.25) is 0 Å². The Hall–Kier alpha value is -1.22. The maximum atomic E-state index is 5.47. The summed E-state index contributed by atoms with van der Waals surface area (Å²) in [6.45, 7) is 4.27. The van der Waals surface area contributed by atoms with Gasteiger partial charge >= 0.3 is 0 Å². The molecule has 0 aliphatic heterocycles. The van der Waals surface area contributed by atoms with E-state index < -0.39 is 0 Å². The lowest BCUT2D eigenvalue weighted by molar-refractivity contribution is 0.262. The molecule has 118 valence electrons. The van der Waals surface area contributed by atoms with Crippen molar-refractivity contribution in [2.24, 2.45) is 11.8 Å². The second kappa shape index (κ2) is 8.28. The van der Waals surface area contributed by atoms with Crippen LogP contribution in [0.1, 0.15) is 44.6 Å². The zero-order chi connectivity index (χ0) is 15.1. The largest absolute Gasteiger partial charge is 0.493 e. The molecule has 1 fully saturated rings. The third-order valence-corrected chi connectivity index (χ3v) is 4.78. The van der Waals surface area contributed by atoms with Crippen LogP contribution in [0.3, 0.4) is 0 Å². The molecule has 1 aliphatic rings. The van der Waals surface area contributed by atoms with Crippen molar-refractivity contribution in [2.75, 3.05) is 20.8 Å². The summed E-state index contributed by atoms with van der Waals surface area (Å²) in [6.07, 6.45) is 6.92. The van der Waals surface area contributed by atoms with Crippen molar-refractivity contribution in [2.45, 2.75) is 45.6 Å². The molecular formula is C18H29NO2. The Bertz CT molecular complexity index is 425. The second-order valence-corrected chi connectivity index (χ2v) is 6.08. The molecule has 0 amide bonds. The van der Waals surface area contributed by atoms with E-state index in [1.807, 2.05) is 12.1 Å². The van der Waals surface area contributed by atoms with E-state index in [2.05, 4.69) is 18.3 Å². The topological polar surface area (TPSA) is 30.5 Å². The van der Waals surface area contributed by atoms with Gasteiger partial charge in [0.05, 0.1) is 14.2 Å². The van der Waals surface area contributed by atoms with Crippen molar-refractivity contribution in [3.8, 4) is 11.5 Å². The SMILES string of the molecule is CCC1CCC(CNCc2cccc(OC)c2OC)CC1. The van der Waals surface area contributed by atoms with Crippen molar-refractivity contribution in [1.29, 1.82) is 0 Å². The van der Waals surface area contributed by atoms with Crippen LogP contribution >= 0.6 is 0 Å². The first-order valence-electron chi connectivity index (χ1n) is 8.19. The van der Waals surface area contributed by atoms with Gasteiger partial charge in [0.2, 0.25) is 0 Å². The van der Waals surface area contributed by atoms with E-state index in [1.165, 1.54) is 37.7 Å². The predicted molar refractivity (Wildman–Crippen MR) is 87.0 cm³/mol. The minimum absolute atomic E-state index is 0.806. The van der Waals surface area contributed by atoms with Gasteiger partial charge in [-0.05, 0) is 37.3 Å². The van der Waals surface area contributed by atoms with Crippen LogP contribution in [0.5, 0.6) is 11.5 Å². The van der Waals surface area contributed by atoms with Crippen LogP contribution in [0.15, 0.2) is 18.2 Å². The molecule has 1 aromatic rings. The van der Waals surface area contributed by atoms with Crippen LogP contribution in [0.4, 0.5) is 0 Å². The van der Waals surface area contributed by atoms with Gasteiger partial charge in [-0.25, -0.2) is 0 Å². The van der Waals surface area contributed by atoms with Gasteiger partial charge < -0.3 is 14.8 Å². The monoisotopic (exact) mass is 291 g/mol. The Kier molecular flexibility index (Phi) is 6.37. The summed E-state index contributed by atoms with van der Waals surface area (Å²) in [6, 6.07) is 6.06. The molecule has 1 N–H and O–H groups in total.